The third-order valence-electron chi connectivity index (χ3n) is 4.82. The molecule has 0 aromatic heterocycles. The van der Waals surface area contributed by atoms with Gasteiger partial charge in [-0.25, -0.2) is 0 Å². The number of hydrogen-bond acceptors (Lipinski definition) is 1. The molecule has 0 heterocycles. The van der Waals surface area contributed by atoms with Crippen LogP contribution in [-0.2, 0) is 0 Å². The van der Waals surface area contributed by atoms with Crippen molar-refractivity contribution in [2.24, 2.45) is 5.92 Å². The fraction of sp³-hybridized carbons (Fsp3) is 0.381. The molecule has 3 rings (SSSR count). The maximum absolute atomic E-state index is 12.7. The minimum atomic E-state index is 0.172. The Labute approximate surface area is 133 Å². The van der Waals surface area contributed by atoms with E-state index in [4.69, 9.17) is 0 Å². The Morgan fingerprint density at radius 3 is 2.36 bits per heavy atom. The van der Waals surface area contributed by atoms with Crippen LogP contribution in [0.4, 0.5) is 0 Å². The zero-order valence-electron chi connectivity index (χ0n) is 13.9. The molecular formula is C21H24O. The highest BCUT2D eigenvalue weighted by Crippen LogP contribution is 2.49. The molecule has 1 nitrogen and oxygen atoms in total. The summed E-state index contributed by atoms with van der Waals surface area (Å²) in [5, 5.41) is 0. The van der Waals surface area contributed by atoms with Crippen LogP contribution in [0.3, 0.4) is 0 Å². The molecular weight excluding hydrogens is 268 g/mol. The van der Waals surface area contributed by atoms with Gasteiger partial charge in [0.1, 0.15) is 0 Å². The Kier molecular flexibility index (Phi) is 3.90. The zero-order chi connectivity index (χ0) is 15.9. The van der Waals surface area contributed by atoms with Crippen LogP contribution in [0.15, 0.2) is 42.5 Å². The highest BCUT2D eigenvalue weighted by atomic mass is 16.1. The van der Waals surface area contributed by atoms with Gasteiger partial charge in [-0.1, -0.05) is 55.8 Å². The van der Waals surface area contributed by atoms with Gasteiger partial charge in [-0.3, -0.25) is 4.79 Å². The van der Waals surface area contributed by atoms with Crippen molar-refractivity contribution in [2.45, 2.75) is 46.0 Å². The van der Waals surface area contributed by atoms with E-state index in [1.807, 2.05) is 19.9 Å². The first-order valence-electron chi connectivity index (χ1n) is 8.18. The maximum Gasteiger partial charge on any atom is 0.166 e. The molecule has 0 bridgehead atoms. The fourth-order valence-corrected chi connectivity index (χ4v) is 3.18. The second kappa shape index (κ2) is 5.72. The molecule has 0 spiro atoms. The van der Waals surface area contributed by atoms with Gasteiger partial charge in [0.15, 0.2) is 5.78 Å². The molecule has 22 heavy (non-hydrogen) atoms. The minimum Gasteiger partial charge on any atom is -0.294 e. The van der Waals surface area contributed by atoms with Crippen LogP contribution < -0.4 is 0 Å². The van der Waals surface area contributed by atoms with Crippen molar-refractivity contribution in [3.05, 3.63) is 70.3 Å². The van der Waals surface area contributed by atoms with E-state index in [1.54, 1.807) is 0 Å². The van der Waals surface area contributed by atoms with Gasteiger partial charge in [0.05, 0.1) is 0 Å². The molecule has 0 aliphatic heterocycles. The predicted molar refractivity (Wildman–Crippen MR) is 91.6 cm³/mol. The van der Waals surface area contributed by atoms with E-state index < -0.39 is 0 Å². The quantitative estimate of drug-likeness (QED) is 0.688. The van der Waals surface area contributed by atoms with Crippen LogP contribution in [0, 0.1) is 19.8 Å². The second-order valence-electron chi connectivity index (χ2n) is 6.95. The zero-order valence-corrected chi connectivity index (χ0v) is 13.9. The summed E-state index contributed by atoms with van der Waals surface area (Å²) in [6, 6.07) is 15.0. The maximum atomic E-state index is 12.7. The summed E-state index contributed by atoms with van der Waals surface area (Å²) >= 11 is 0. The number of hydrogen-bond donors (Lipinski definition) is 0. The first-order valence-corrected chi connectivity index (χ1v) is 8.18. The molecule has 0 radical (unpaired) electrons. The van der Waals surface area contributed by atoms with Crippen molar-refractivity contribution in [3.8, 4) is 0 Å². The molecule has 1 aliphatic carbocycles. The molecule has 2 aromatic rings. The van der Waals surface area contributed by atoms with E-state index in [0.29, 0.717) is 17.6 Å². The lowest BCUT2D eigenvalue weighted by molar-refractivity contribution is 0.0964. The van der Waals surface area contributed by atoms with Crippen LogP contribution in [-0.4, -0.2) is 5.78 Å². The van der Waals surface area contributed by atoms with E-state index in [2.05, 4.69) is 50.2 Å². The molecule has 1 heteroatoms. The summed E-state index contributed by atoms with van der Waals surface area (Å²) in [6.07, 6.45) is 0.993. The fourth-order valence-electron chi connectivity index (χ4n) is 3.18. The van der Waals surface area contributed by atoms with Crippen molar-refractivity contribution in [1.82, 2.24) is 0 Å². The number of Topliss-reactive ketones (excluding diaryl/α,β-unsaturated/α-hetero) is 1. The first kappa shape index (κ1) is 15.0. The number of carbonyl (C=O) groups excluding carboxylic acids is 1. The molecule has 0 amide bonds. The molecule has 0 N–H and O–H groups in total. The predicted octanol–water partition coefficient (Wildman–Crippen LogP) is 5.41. The lowest BCUT2D eigenvalue weighted by atomic mass is 9.96. The molecule has 2 unspecified atom stereocenters. The van der Waals surface area contributed by atoms with Crippen LogP contribution in [0.25, 0.3) is 0 Å². The van der Waals surface area contributed by atoms with Gasteiger partial charge in [0.25, 0.3) is 0 Å². The second-order valence-corrected chi connectivity index (χ2v) is 6.95. The van der Waals surface area contributed by atoms with Crippen molar-refractivity contribution >= 4 is 5.78 Å². The van der Waals surface area contributed by atoms with Gasteiger partial charge in [-0.05, 0) is 54.9 Å². The molecule has 2 aromatic carbocycles. The van der Waals surface area contributed by atoms with Gasteiger partial charge >= 0.3 is 0 Å². The Hall–Kier alpha value is -1.89. The Morgan fingerprint density at radius 2 is 1.73 bits per heavy atom. The Bertz CT molecular complexity index is 694. The summed E-state index contributed by atoms with van der Waals surface area (Å²) in [6.45, 7) is 8.49. The van der Waals surface area contributed by atoms with Crippen LogP contribution in [0.2, 0.25) is 0 Å². The molecule has 2 atom stereocenters. The van der Waals surface area contributed by atoms with Gasteiger partial charge in [-0.15, -0.1) is 0 Å². The van der Waals surface area contributed by atoms with E-state index in [-0.39, 0.29) is 5.92 Å². The SMILES string of the molecule is Cc1ccc(C)c(C(=O)C2CC2c2ccc(C(C)C)cc2)c1. The standard InChI is InChI=1S/C21H24O/c1-13(2)16-7-9-17(10-8-16)19-12-20(19)21(22)18-11-14(3)5-6-15(18)4/h5-11,13,19-20H,12H2,1-4H3. The normalized spacial score (nSPS) is 20.2. The number of ketones is 1. The Morgan fingerprint density at radius 1 is 1.05 bits per heavy atom. The molecule has 1 saturated carbocycles. The third kappa shape index (κ3) is 2.85. The first-order chi connectivity index (χ1) is 10.5. The van der Waals surface area contributed by atoms with E-state index in [1.165, 1.54) is 11.1 Å². The number of benzene rings is 2. The van der Waals surface area contributed by atoms with Gasteiger partial charge in [0.2, 0.25) is 0 Å². The third-order valence-corrected chi connectivity index (χ3v) is 4.82. The van der Waals surface area contributed by atoms with Crippen molar-refractivity contribution in [3.63, 3.8) is 0 Å². The van der Waals surface area contributed by atoms with E-state index in [0.717, 1.165) is 23.1 Å². The highest BCUT2D eigenvalue weighted by molar-refractivity contribution is 6.01. The number of aryl methyl sites for hydroxylation is 2. The van der Waals surface area contributed by atoms with Crippen molar-refractivity contribution < 1.29 is 4.79 Å². The lowest BCUT2D eigenvalue weighted by Crippen LogP contribution is -2.06. The number of carbonyl (C=O) groups is 1. The van der Waals surface area contributed by atoms with Crippen LogP contribution >= 0.6 is 0 Å². The number of rotatable bonds is 4. The summed E-state index contributed by atoms with van der Waals surface area (Å²) in [7, 11) is 0. The van der Waals surface area contributed by atoms with Gasteiger partial charge in [-0.2, -0.15) is 0 Å². The Balaban J connectivity index is 1.76. The summed E-state index contributed by atoms with van der Waals surface area (Å²) in [5.41, 5.74) is 5.84. The smallest absolute Gasteiger partial charge is 0.166 e. The van der Waals surface area contributed by atoms with Gasteiger partial charge < -0.3 is 0 Å². The average Bonchev–Trinajstić information content (AvgIpc) is 3.29. The summed E-state index contributed by atoms with van der Waals surface area (Å²) < 4.78 is 0. The van der Waals surface area contributed by atoms with E-state index in [9.17, 15) is 4.79 Å². The monoisotopic (exact) mass is 292 g/mol. The molecule has 1 aliphatic rings. The highest BCUT2D eigenvalue weighted by Gasteiger charge is 2.44. The molecule has 0 saturated heterocycles. The topological polar surface area (TPSA) is 17.1 Å². The largest absolute Gasteiger partial charge is 0.294 e. The lowest BCUT2D eigenvalue weighted by Gasteiger charge is -2.08. The van der Waals surface area contributed by atoms with E-state index >= 15 is 0 Å². The minimum absolute atomic E-state index is 0.172. The van der Waals surface area contributed by atoms with Crippen LogP contribution in [0.1, 0.15) is 64.7 Å². The summed E-state index contributed by atoms with van der Waals surface area (Å²) in [4.78, 5) is 12.7. The summed E-state index contributed by atoms with van der Waals surface area (Å²) in [5.74, 6) is 1.46. The van der Waals surface area contributed by atoms with Crippen LogP contribution in [0.5, 0.6) is 0 Å². The van der Waals surface area contributed by atoms with Crippen molar-refractivity contribution in [2.75, 3.05) is 0 Å². The average molecular weight is 292 g/mol. The van der Waals surface area contributed by atoms with Crippen molar-refractivity contribution in [1.29, 1.82) is 0 Å². The molecule has 1 fully saturated rings. The molecule has 114 valence electrons. The van der Waals surface area contributed by atoms with Gasteiger partial charge in [0, 0.05) is 11.5 Å².